The van der Waals surface area contributed by atoms with E-state index < -0.39 is 35.6 Å². The van der Waals surface area contributed by atoms with E-state index in [-0.39, 0.29) is 6.61 Å². The van der Waals surface area contributed by atoms with Gasteiger partial charge in [-0.1, -0.05) is 17.9 Å². The summed E-state index contributed by atoms with van der Waals surface area (Å²) in [5.74, 6) is 1.98. The van der Waals surface area contributed by atoms with Gasteiger partial charge in [-0.15, -0.1) is 0 Å². The van der Waals surface area contributed by atoms with Crippen molar-refractivity contribution in [3.05, 3.63) is 47.5 Å². The van der Waals surface area contributed by atoms with Crippen LogP contribution in [-0.2, 0) is 14.3 Å². The molecule has 11 heteroatoms. The van der Waals surface area contributed by atoms with Crippen LogP contribution >= 0.6 is 0 Å². The summed E-state index contributed by atoms with van der Waals surface area (Å²) in [7, 11) is 1.25. The number of aliphatic hydroxyl groups is 1. The van der Waals surface area contributed by atoms with Gasteiger partial charge in [0.25, 0.3) is 5.91 Å². The molecule has 0 saturated heterocycles. The van der Waals surface area contributed by atoms with Crippen molar-refractivity contribution in [2.75, 3.05) is 13.7 Å². The van der Waals surface area contributed by atoms with Gasteiger partial charge in [-0.3, -0.25) is 4.79 Å². The molecule has 0 radical (unpaired) electrons. The lowest BCUT2D eigenvalue weighted by Crippen LogP contribution is -2.59. The van der Waals surface area contributed by atoms with Crippen LogP contribution in [-0.4, -0.2) is 59.5 Å². The van der Waals surface area contributed by atoms with Crippen molar-refractivity contribution in [1.82, 2.24) is 5.32 Å². The maximum absolute atomic E-state index is 12.3. The average Bonchev–Trinajstić information content (AvgIpc) is 2.70. The van der Waals surface area contributed by atoms with Gasteiger partial charge in [0.2, 0.25) is 0 Å². The number of rotatable bonds is 6. The Morgan fingerprint density at radius 2 is 1.75 bits per heavy atom. The topological polar surface area (TPSA) is 139 Å². The Morgan fingerprint density at radius 3 is 2.16 bits per heavy atom. The highest BCUT2D eigenvalue weighted by Gasteiger charge is 2.38. The number of carboxylic acid groups (broad SMARTS) is 1. The van der Waals surface area contributed by atoms with Crippen LogP contribution in [0.4, 0.5) is 13.2 Å². The molecular formula is C21H25F3N2O6. The van der Waals surface area contributed by atoms with Crippen molar-refractivity contribution in [3.8, 4) is 11.8 Å². The molecule has 0 heterocycles. The van der Waals surface area contributed by atoms with Gasteiger partial charge in [-0.05, 0) is 50.6 Å². The van der Waals surface area contributed by atoms with E-state index in [9.17, 15) is 22.8 Å². The first kappa shape index (κ1) is 28.6. The molecule has 0 unspecified atom stereocenters. The number of carbonyl (C=O) groups excluding carboxylic acids is 2. The minimum atomic E-state index is -5.08. The molecule has 1 aromatic carbocycles. The molecule has 1 amide bonds. The van der Waals surface area contributed by atoms with Gasteiger partial charge in [-0.25, -0.2) is 9.59 Å². The maximum Gasteiger partial charge on any atom is 0.490 e. The van der Waals surface area contributed by atoms with Crippen molar-refractivity contribution in [3.63, 3.8) is 0 Å². The minimum Gasteiger partial charge on any atom is -0.475 e. The number of aliphatic carboxylic acids is 1. The van der Waals surface area contributed by atoms with E-state index in [4.69, 9.17) is 25.5 Å². The molecule has 0 aliphatic carbocycles. The molecule has 176 valence electrons. The van der Waals surface area contributed by atoms with Crippen LogP contribution < -0.4 is 11.1 Å². The molecule has 0 aromatic heterocycles. The van der Waals surface area contributed by atoms with Gasteiger partial charge >= 0.3 is 18.1 Å². The monoisotopic (exact) mass is 458 g/mol. The summed E-state index contributed by atoms with van der Waals surface area (Å²) in [5, 5.41) is 18.4. The number of hydrogen-bond acceptors (Lipinski definition) is 6. The summed E-state index contributed by atoms with van der Waals surface area (Å²) in [6, 6.07) is 5.70. The lowest BCUT2D eigenvalue weighted by Gasteiger charge is -2.28. The number of esters is 1. The number of nitrogens with one attached hydrogen (secondary N) is 1. The van der Waals surface area contributed by atoms with Gasteiger partial charge in [0, 0.05) is 23.3 Å². The minimum absolute atomic E-state index is 0.0914. The lowest BCUT2D eigenvalue weighted by atomic mass is 9.95. The summed E-state index contributed by atoms with van der Waals surface area (Å²) in [4.78, 5) is 33.0. The smallest absolute Gasteiger partial charge is 0.475 e. The predicted octanol–water partition coefficient (Wildman–Crippen LogP) is 1.62. The summed E-state index contributed by atoms with van der Waals surface area (Å²) < 4.78 is 36.4. The quantitative estimate of drug-likeness (QED) is 0.375. The molecule has 0 spiro atoms. The second-order valence-corrected chi connectivity index (χ2v) is 6.82. The summed E-state index contributed by atoms with van der Waals surface area (Å²) in [5.41, 5.74) is 6.11. The number of alkyl halides is 3. The number of hydrogen-bond donors (Lipinski definition) is 4. The van der Waals surface area contributed by atoms with Crippen LogP contribution in [0, 0.1) is 11.8 Å². The van der Waals surface area contributed by atoms with Crippen LogP contribution in [0.25, 0.3) is 0 Å². The van der Waals surface area contributed by atoms with E-state index in [1.54, 1.807) is 50.3 Å². The number of aliphatic hydroxyl groups excluding tert-OH is 1. The Morgan fingerprint density at radius 1 is 1.22 bits per heavy atom. The molecule has 0 saturated carbocycles. The van der Waals surface area contributed by atoms with Gasteiger partial charge < -0.3 is 26.0 Å². The van der Waals surface area contributed by atoms with Crippen molar-refractivity contribution in [1.29, 1.82) is 0 Å². The molecule has 0 aliphatic heterocycles. The van der Waals surface area contributed by atoms with Gasteiger partial charge in [0.15, 0.2) is 0 Å². The van der Waals surface area contributed by atoms with Gasteiger partial charge in [0.05, 0.1) is 7.11 Å². The Kier molecular flexibility index (Phi) is 11.8. The van der Waals surface area contributed by atoms with Gasteiger partial charge in [0.1, 0.15) is 6.04 Å². The number of amides is 1. The predicted molar refractivity (Wildman–Crippen MR) is 109 cm³/mol. The van der Waals surface area contributed by atoms with Crippen molar-refractivity contribution in [2.45, 2.75) is 38.0 Å². The zero-order valence-corrected chi connectivity index (χ0v) is 17.7. The van der Waals surface area contributed by atoms with Crippen molar-refractivity contribution < 1.29 is 42.5 Å². The molecule has 5 N–H and O–H groups in total. The van der Waals surface area contributed by atoms with Crippen LogP contribution in [0.15, 0.2) is 36.4 Å². The number of carbonyl (C=O) groups is 3. The largest absolute Gasteiger partial charge is 0.490 e. The number of methoxy groups -OCH3 is 1. The first-order valence-electron chi connectivity index (χ1n) is 9.09. The molecule has 0 fully saturated rings. The first-order valence-corrected chi connectivity index (χ1v) is 9.09. The van der Waals surface area contributed by atoms with Gasteiger partial charge in [-0.2, -0.15) is 13.2 Å². The standard InChI is InChI=1S/C19H24N2O4.C2HF3O2/c1-19(2,20)16(18(24)25-3)21-17(23)15-11-9-14(10-12-15)8-6-4-5-7-13-22;3-2(4,5)1(6)7/h4-5,9-12,16,22H,7,13,20H2,1-3H3,(H,21,23);(H,6,7)/t16-;/m1./s1. The highest BCUT2D eigenvalue weighted by molar-refractivity contribution is 5.97. The Bertz CT molecular complexity index is 863. The fourth-order valence-electron chi connectivity index (χ4n) is 1.93. The third-order valence-corrected chi connectivity index (χ3v) is 3.56. The zero-order valence-electron chi connectivity index (χ0n) is 17.7. The van der Waals surface area contributed by atoms with E-state index >= 15 is 0 Å². The second kappa shape index (κ2) is 13.1. The van der Waals surface area contributed by atoms with E-state index in [0.717, 1.165) is 5.56 Å². The fourth-order valence-corrected chi connectivity index (χ4v) is 1.93. The lowest BCUT2D eigenvalue weighted by molar-refractivity contribution is -0.192. The normalized spacial score (nSPS) is 12.0. The molecule has 1 atom stereocenters. The fraction of sp³-hybridized carbons (Fsp3) is 0.381. The van der Waals surface area contributed by atoms with E-state index in [0.29, 0.717) is 12.0 Å². The maximum atomic E-state index is 12.3. The third-order valence-electron chi connectivity index (χ3n) is 3.56. The number of benzene rings is 1. The molecule has 32 heavy (non-hydrogen) atoms. The average molecular weight is 458 g/mol. The Hall–Kier alpha value is -3.36. The highest BCUT2D eigenvalue weighted by atomic mass is 19.4. The Labute approximate surface area is 183 Å². The summed E-state index contributed by atoms with van der Waals surface area (Å²) in [6.07, 6.45) is -1.08. The second-order valence-electron chi connectivity index (χ2n) is 6.82. The van der Waals surface area contributed by atoms with Crippen molar-refractivity contribution in [2.24, 2.45) is 5.73 Å². The first-order chi connectivity index (χ1) is 14.7. The molecule has 1 aromatic rings. The number of ether oxygens (including phenoxy) is 1. The molecule has 0 bridgehead atoms. The SMILES string of the molecule is COC(=O)[C@@H](NC(=O)c1ccc(C#CC=CCCO)cc1)C(C)(C)N.O=C(O)C(F)(F)F. The van der Waals surface area contributed by atoms with Crippen LogP contribution in [0.5, 0.6) is 0 Å². The van der Waals surface area contributed by atoms with Crippen LogP contribution in [0.2, 0.25) is 0 Å². The molecule has 8 nitrogen and oxygen atoms in total. The Balaban J connectivity index is 0.00000118. The van der Waals surface area contributed by atoms with Crippen LogP contribution in [0.1, 0.15) is 36.2 Å². The van der Waals surface area contributed by atoms with E-state index in [2.05, 4.69) is 17.2 Å². The third kappa shape index (κ3) is 11.1. The molecular weight excluding hydrogens is 433 g/mol. The molecule has 0 aliphatic rings. The van der Waals surface area contributed by atoms with Crippen molar-refractivity contribution >= 4 is 17.8 Å². The summed E-state index contributed by atoms with van der Waals surface area (Å²) >= 11 is 0. The van der Waals surface area contributed by atoms with E-state index in [1.165, 1.54) is 7.11 Å². The number of nitrogens with two attached hydrogens (primary N) is 1. The molecule has 1 rings (SSSR count). The van der Waals surface area contributed by atoms with E-state index in [1.807, 2.05) is 0 Å². The zero-order chi connectivity index (χ0) is 24.9. The highest BCUT2D eigenvalue weighted by Crippen LogP contribution is 2.13. The summed E-state index contributed by atoms with van der Waals surface area (Å²) in [6.45, 7) is 3.36. The van der Waals surface area contributed by atoms with Crippen LogP contribution in [0.3, 0.4) is 0 Å². The number of carboxylic acids is 1. The number of allylic oxidation sites excluding steroid dienone is 1. The number of halogens is 3.